The molecular weight excluding hydrogens is 360 g/mol. The SMILES string of the molecule is O.O=C(O)c1ccc2cc(C(=O)O)c(C(=O)O)c(C(=O)O)c2c1.[Ti]. The molecule has 0 aliphatic carbocycles. The van der Waals surface area contributed by atoms with Crippen LogP contribution in [0.15, 0.2) is 24.3 Å². The Kier molecular flexibility index (Phi) is 6.81. The second kappa shape index (κ2) is 7.69. The third-order valence-corrected chi connectivity index (χ3v) is 3.05. The molecule has 24 heavy (non-hydrogen) atoms. The van der Waals surface area contributed by atoms with Crippen LogP contribution in [-0.4, -0.2) is 49.8 Å². The molecule has 2 rings (SSSR count). The van der Waals surface area contributed by atoms with Gasteiger partial charge in [-0.05, 0) is 29.0 Å². The molecule has 0 atom stereocenters. The van der Waals surface area contributed by atoms with Crippen molar-refractivity contribution in [2.24, 2.45) is 0 Å². The minimum absolute atomic E-state index is 0. The van der Waals surface area contributed by atoms with Gasteiger partial charge < -0.3 is 25.9 Å². The van der Waals surface area contributed by atoms with Crippen molar-refractivity contribution in [3.05, 3.63) is 46.5 Å². The van der Waals surface area contributed by atoms with Gasteiger partial charge in [-0.3, -0.25) is 0 Å². The van der Waals surface area contributed by atoms with E-state index in [0.29, 0.717) is 0 Å². The van der Waals surface area contributed by atoms with E-state index in [0.717, 1.165) is 12.1 Å². The summed E-state index contributed by atoms with van der Waals surface area (Å²) in [6, 6.07) is 4.39. The summed E-state index contributed by atoms with van der Waals surface area (Å²) < 4.78 is 0. The number of hydrogen-bond acceptors (Lipinski definition) is 4. The Bertz CT molecular complexity index is 857. The largest absolute Gasteiger partial charge is 0.478 e. The van der Waals surface area contributed by atoms with Gasteiger partial charge >= 0.3 is 23.9 Å². The van der Waals surface area contributed by atoms with Crippen molar-refractivity contribution in [3.63, 3.8) is 0 Å². The summed E-state index contributed by atoms with van der Waals surface area (Å²) in [6.45, 7) is 0. The fraction of sp³-hybridized carbons (Fsp3) is 0. The van der Waals surface area contributed by atoms with Gasteiger partial charge in [-0.2, -0.15) is 0 Å². The van der Waals surface area contributed by atoms with Crippen molar-refractivity contribution < 1.29 is 66.8 Å². The Balaban J connectivity index is 0.00000264. The molecule has 6 N–H and O–H groups in total. The number of aromatic carboxylic acids is 4. The number of hydrogen-bond donors (Lipinski definition) is 4. The number of rotatable bonds is 4. The summed E-state index contributed by atoms with van der Waals surface area (Å²) in [7, 11) is 0. The summed E-state index contributed by atoms with van der Waals surface area (Å²) in [5.41, 5.74) is -2.57. The van der Waals surface area contributed by atoms with Gasteiger partial charge in [0.1, 0.15) is 0 Å². The Morgan fingerprint density at radius 2 is 1.25 bits per heavy atom. The predicted octanol–water partition coefficient (Wildman–Crippen LogP) is 0.805. The van der Waals surface area contributed by atoms with Crippen LogP contribution in [0.3, 0.4) is 0 Å². The van der Waals surface area contributed by atoms with Gasteiger partial charge in [-0.1, -0.05) is 6.07 Å². The molecule has 0 amide bonds. The summed E-state index contributed by atoms with van der Waals surface area (Å²) in [5, 5.41) is 36.4. The van der Waals surface area contributed by atoms with Crippen molar-refractivity contribution in [2.75, 3.05) is 0 Å². The van der Waals surface area contributed by atoms with Gasteiger partial charge in [-0.15, -0.1) is 0 Å². The average Bonchev–Trinajstić information content (AvgIpc) is 2.43. The Labute approximate surface area is 148 Å². The van der Waals surface area contributed by atoms with E-state index in [2.05, 4.69) is 0 Å². The van der Waals surface area contributed by atoms with Crippen LogP contribution in [0.4, 0.5) is 0 Å². The first-order valence-electron chi connectivity index (χ1n) is 5.78. The minimum atomic E-state index is -1.72. The van der Waals surface area contributed by atoms with Gasteiger partial charge in [0, 0.05) is 21.7 Å². The monoisotopic (exact) mass is 370 g/mol. The maximum absolute atomic E-state index is 11.4. The topological polar surface area (TPSA) is 181 Å². The van der Waals surface area contributed by atoms with Crippen LogP contribution in [0.25, 0.3) is 10.8 Å². The van der Waals surface area contributed by atoms with Crippen molar-refractivity contribution in [3.8, 4) is 0 Å². The van der Waals surface area contributed by atoms with E-state index in [4.69, 9.17) is 15.3 Å². The molecule has 2 aromatic rings. The van der Waals surface area contributed by atoms with Crippen LogP contribution < -0.4 is 0 Å². The zero-order valence-corrected chi connectivity index (χ0v) is 13.3. The predicted molar refractivity (Wildman–Crippen MR) is 75.4 cm³/mol. The van der Waals surface area contributed by atoms with E-state index < -0.39 is 40.6 Å². The molecule has 0 radical (unpaired) electrons. The van der Waals surface area contributed by atoms with Crippen molar-refractivity contribution in [1.29, 1.82) is 0 Å². The molecule has 0 heterocycles. The minimum Gasteiger partial charge on any atom is -0.478 e. The van der Waals surface area contributed by atoms with E-state index in [1.54, 1.807) is 0 Å². The summed E-state index contributed by atoms with van der Waals surface area (Å²) >= 11 is 0. The maximum atomic E-state index is 11.4. The van der Waals surface area contributed by atoms with E-state index in [-0.39, 0.29) is 43.5 Å². The molecule has 0 saturated heterocycles. The van der Waals surface area contributed by atoms with Gasteiger partial charge in [0.05, 0.1) is 22.3 Å². The molecule has 0 aliphatic rings. The van der Waals surface area contributed by atoms with Crippen LogP contribution in [0.2, 0.25) is 0 Å². The van der Waals surface area contributed by atoms with Crippen LogP contribution in [0.5, 0.6) is 0 Å². The molecule has 124 valence electrons. The smallest absolute Gasteiger partial charge is 0.337 e. The first-order chi connectivity index (χ1) is 10.2. The van der Waals surface area contributed by atoms with Crippen molar-refractivity contribution in [2.45, 2.75) is 0 Å². The summed E-state index contributed by atoms with van der Waals surface area (Å²) in [4.78, 5) is 44.8. The van der Waals surface area contributed by atoms with Crippen molar-refractivity contribution in [1.82, 2.24) is 0 Å². The molecule has 0 unspecified atom stereocenters. The van der Waals surface area contributed by atoms with Crippen LogP contribution >= 0.6 is 0 Å². The molecular formula is C14H10O9Ti. The summed E-state index contributed by atoms with van der Waals surface area (Å²) in [5.74, 6) is -6.30. The van der Waals surface area contributed by atoms with E-state index in [9.17, 15) is 24.3 Å². The Hall–Kier alpha value is -2.75. The number of carbonyl (C=O) groups is 4. The Morgan fingerprint density at radius 3 is 1.67 bits per heavy atom. The fourth-order valence-electron chi connectivity index (χ4n) is 2.14. The van der Waals surface area contributed by atoms with Crippen LogP contribution in [-0.2, 0) is 21.7 Å². The van der Waals surface area contributed by atoms with E-state index in [1.807, 2.05) is 0 Å². The summed E-state index contributed by atoms with van der Waals surface area (Å²) in [6.07, 6.45) is 0. The first-order valence-corrected chi connectivity index (χ1v) is 5.78. The quantitative estimate of drug-likeness (QED) is 0.570. The van der Waals surface area contributed by atoms with Crippen molar-refractivity contribution >= 4 is 34.6 Å². The first kappa shape index (κ1) is 21.3. The zero-order valence-electron chi connectivity index (χ0n) is 11.7. The number of benzene rings is 2. The third-order valence-electron chi connectivity index (χ3n) is 3.05. The average molecular weight is 370 g/mol. The molecule has 9 nitrogen and oxygen atoms in total. The number of fused-ring (bicyclic) bond motifs is 1. The second-order valence-corrected chi connectivity index (χ2v) is 4.33. The van der Waals surface area contributed by atoms with Crippen LogP contribution in [0.1, 0.15) is 41.4 Å². The molecule has 0 fully saturated rings. The maximum Gasteiger partial charge on any atom is 0.337 e. The zero-order chi connectivity index (χ0) is 16.6. The molecule has 2 aromatic carbocycles. The van der Waals surface area contributed by atoms with Gasteiger partial charge in [0.15, 0.2) is 0 Å². The molecule has 10 heteroatoms. The molecule has 0 aromatic heterocycles. The van der Waals surface area contributed by atoms with E-state index in [1.165, 1.54) is 12.1 Å². The molecule has 0 bridgehead atoms. The van der Waals surface area contributed by atoms with Gasteiger partial charge in [0.2, 0.25) is 0 Å². The Morgan fingerprint density at radius 1 is 0.708 bits per heavy atom. The number of carboxylic acids is 4. The second-order valence-electron chi connectivity index (χ2n) is 4.33. The normalized spacial score (nSPS) is 9.50. The van der Waals surface area contributed by atoms with Gasteiger partial charge in [-0.25, -0.2) is 19.2 Å². The van der Waals surface area contributed by atoms with E-state index >= 15 is 0 Å². The number of carboxylic acid groups (broad SMARTS) is 4. The third kappa shape index (κ3) is 3.59. The van der Waals surface area contributed by atoms with Crippen LogP contribution in [0, 0.1) is 0 Å². The molecule has 0 aliphatic heterocycles. The standard InChI is InChI=1S/C14H8O8.H2O.Ti/c15-11(16)6-2-1-5-3-8(12(17)18)10(14(21)22)9(13(19)20)7(5)4-6;;/h1-4H,(H,15,16)(H,17,18)(H,19,20)(H,21,22);1H2;. The van der Waals surface area contributed by atoms with Gasteiger partial charge in [0.25, 0.3) is 0 Å². The molecule has 0 saturated carbocycles. The fourth-order valence-corrected chi connectivity index (χ4v) is 2.14. The molecule has 0 spiro atoms.